The highest BCUT2D eigenvalue weighted by atomic mass is 79.9. The van der Waals surface area contributed by atoms with Gasteiger partial charge in [0.05, 0.1) is 11.7 Å². The number of amides is 4. The molecule has 11 heteroatoms. The molecule has 220 valence electrons. The van der Waals surface area contributed by atoms with Gasteiger partial charge < -0.3 is 30.6 Å². The molecule has 0 aliphatic carbocycles. The Bertz CT molecular complexity index is 1180. The number of H-pyrrole nitrogens is 1. The van der Waals surface area contributed by atoms with Gasteiger partial charge in [0.25, 0.3) is 0 Å². The van der Waals surface area contributed by atoms with E-state index in [2.05, 4.69) is 36.9 Å². The van der Waals surface area contributed by atoms with E-state index in [4.69, 9.17) is 4.74 Å². The number of hydrogen-bond donors (Lipinski definition) is 4. The van der Waals surface area contributed by atoms with E-state index in [-0.39, 0.29) is 18.4 Å². The number of methoxy groups -OCH3 is 1. The molecule has 4 amide bonds. The van der Waals surface area contributed by atoms with Crippen LogP contribution in [-0.2, 0) is 25.5 Å². The summed E-state index contributed by atoms with van der Waals surface area (Å²) in [6.45, 7) is 7.27. The quantitative estimate of drug-likeness (QED) is 0.251. The zero-order valence-electron chi connectivity index (χ0n) is 23.8. The highest BCUT2D eigenvalue weighted by molar-refractivity contribution is 9.10. The van der Waals surface area contributed by atoms with Crippen LogP contribution in [0.15, 0.2) is 28.9 Å². The lowest BCUT2D eigenvalue weighted by atomic mass is 10.0. The maximum Gasteiger partial charge on any atom is 0.328 e. The summed E-state index contributed by atoms with van der Waals surface area (Å²) < 4.78 is 5.63. The number of fused-ring (bicyclic) bond motifs is 1. The molecule has 4 N–H and O–H groups in total. The molecule has 1 saturated heterocycles. The maximum absolute atomic E-state index is 13.7. The van der Waals surface area contributed by atoms with E-state index in [0.717, 1.165) is 42.1 Å². The van der Waals surface area contributed by atoms with Crippen LogP contribution < -0.4 is 16.0 Å². The monoisotopic (exact) mass is 619 g/mol. The normalized spacial score (nSPS) is 15.5. The molecular weight excluding hydrogens is 578 g/mol. The van der Waals surface area contributed by atoms with Crippen LogP contribution in [0, 0.1) is 5.92 Å². The molecule has 1 fully saturated rings. The third-order valence-corrected chi connectivity index (χ3v) is 7.84. The van der Waals surface area contributed by atoms with Crippen LogP contribution in [0.4, 0.5) is 4.79 Å². The van der Waals surface area contributed by atoms with E-state index in [1.165, 1.54) is 7.11 Å². The number of unbranched alkanes of at least 4 members (excludes halogenated alkanes) is 1. The second-order valence-corrected chi connectivity index (χ2v) is 11.6. The number of urea groups is 1. The van der Waals surface area contributed by atoms with Gasteiger partial charge in [-0.05, 0) is 59.2 Å². The first kappa shape index (κ1) is 31.4. The van der Waals surface area contributed by atoms with E-state index >= 15 is 0 Å². The average molecular weight is 621 g/mol. The van der Waals surface area contributed by atoms with Crippen molar-refractivity contribution in [3.05, 3.63) is 34.4 Å². The van der Waals surface area contributed by atoms with Gasteiger partial charge in [0, 0.05) is 30.4 Å². The largest absolute Gasteiger partial charge is 0.467 e. The summed E-state index contributed by atoms with van der Waals surface area (Å²) in [6.07, 6.45) is 4.46. The number of aromatic nitrogens is 1. The van der Waals surface area contributed by atoms with E-state index in [1.807, 2.05) is 45.0 Å². The van der Waals surface area contributed by atoms with Gasteiger partial charge in [-0.1, -0.05) is 51.8 Å². The molecule has 40 heavy (non-hydrogen) atoms. The Morgan fingerprint density at radius 2 is 1.65 bits per heavy atom. The summed E-state index contributed by atoms with van der Waals surface area (Å²) in [7, 11) is 1.29. The van der Waals surface area contributed by atoms with Gasteiger partial charge in [-0.15, -0.1) is 0 Å². The lowest BCUT2D eigenvalue weighted by Gasteiger charge is -2.27. The first-order chi connectivity index (χ1) is 19.1. The highest BCUT2D eigenvalue weighted by Gasteiger charge is 2.32. The summed E-state index contributed by atoms with van der Waals surface area (Å²) in [4.78, 5) is 57.6. The number of para-hydroxylation sites is 1. The topological polar surface area (TPSA) is 133 Å². The van der Waals surface area contributed by atoms with Crippen molar-refractivity contribution in [1.82, 2.24) is 25.8 Å². The second-order valence-electron chi connectivity index (χ2n) is 10.8. The molecule has 0 bridgehead atoms. The van der Waals surface area contributed by atoms with Crippen molar-refractivity contribution in [3.8, 4) is 0 Å². The smallest absolute Gasteiger partial charge is 0.328 e. The Kier molecular flexibility index (Phi) is 11.8. The Morgan fingerprint density at radius 3 is 2.30 bits per heavy atom. The van der Waals surface area contributed by atoms with Crippen LogP contribution in [-0.4, -0.2) is 72.0 Å². The van der Waals surface area contributed by atoms with Gasteiger partial charge >= 0.3 is 12.0 Å². The number of carbonyl (C=O) groups excluding carboxylic acids is 4. The maximum atomic E-state index is 13.7. The number of carbonyl (C=O) groups is 4. The zero-order chi connectivity index (χ0) is 29.2. The fourth-order valence-corrected chi connectivity index (χ4v) is 5.58. The summed E-state index contributed by atoms with van der Waals surface area (Å²) in [5, 5.41) is 9.50. The van der Waals surface area contributed by atoms with Crippen molar-refractivity contribution in [1.29, 1.82) is 0 Å². The third-order valence-electron chi connectivity index (χ3n) is 7.17. The second kappa shape index (κ2) is 15.1. The summed E-state index contributed by atoms with van der Waals surface area (Å²) in [5.74, 6) is -1.34. The number of likely N-dealkylation sites (tertiary alicyclic amines) is 1. The van der Waals surface area contributed by atoms with Crippen molar-refractivity contribution < 1.29 is 23.9 Å². The Balaban J connectivity index is 1.87. The molecule has 1 aromatic heterocycles. The van der Waals surface area contributed by atoms with Crippen LogP contribution in [0.2, 0.25) is 0 Å². The first-order valence-corrected chi connectivity index (χ1v) is 14.9. The molecule has 1 aliphatic heterocycles. The van der Waals surface area contributed by atoms with Crippen LogP contribution in [0.1, 0.15) is 64.9 Å². The number of aromatic amines is 1. The fraction of sp³-hybridized carbons (Fsp3) is 0.586. The summed E-state index contributed by atoms with van der Waals surface area (Å²) in [5.41, 5.74) is 1.71. The van der Waals surface area contributed by atoms with E-state index in [0.29, 0.717) is 30.5 Å². The summed E-state index contributed by atoms with van der Waals surface area (Å²) >= 11 is 3.57. The Morgan fingerprint density at radius 1 is 1.00 bits per heavy atom. The molecule has 2 heterocycles. The minimum Gasteiger partial charge on any atom is -0.467 e. The number of nitrogens with one attached hydrogen (secondary N) is 4. The predicted octanol–water partition coefficient (Wildman–Crippen LogP) is 4.03. The molecule has 3 rings (SSSR count). The van der Waals surface area contributed by atoms with Crippen molar-refractivity contribution in [2.24, 2.45) is 5.92 Å². The average Bonchev–Trinajstić information content (AvgIpc) is 3.57. The number of benzene rings is 1. The minimum atomic E-state index is -1.00. The van der Waals surface area contributed by atoms with Crippen molar-refractivity contribution in [2.45, 2.75) is 83.8 Å². The predicted molar refractivity (Wildman–Crippen MR) is 158 cm³/mol. The number of nitrogens with zero attached hydrogens (tertiary/aromatic N) is 1. The highest BCUT2D eigenvalue weighted by Crippen LogP contribution is 2.28. The SMILES string of the molecule is CCCC[C@@H](NC(=O)[C@@H](Cc1c(Br)[nH]c2ccccc12)NC(=O)[C@H](CC(C)C)NC(=O)N1CCCC1)C(=O)OC. The number of hydrogen-bond acceptors (Lipinski definition) is 5. The van der Waals surface area contributed by atoms with Crippen molar-refractivity contribution in [2.75, 3.05) is 20.2 Å². The number of esters is 1. The molecule has 2 aromatic rings. The van der Waals surface area contributed by atoms with E-state index < -0.39 is 35.9 Å². The molecule has 0 saturated carbocycles. The molecule has 0 spiro atoms. The third kappa shape index (κ3) is 8.46. The standard InChI is InChI=1S/C29H42BrN5O5/c1-5-6-12-22(28(38)40-4)32-27(37)24(17-20-19-11-7-8-13-21(19)31-25(20)30)33-26(36)23(16-18(2)3)34-29(39)35-14-9-10-15-35/h7-8,11,13,18,22-24,31H,5-6,9-10,12,14-17H2,1-4H3,(H,32,37)(H,33,36)(H,34,39)/t22-,23+,24-/m1/s1. The first-order valence-electron chi connectivity index (χ1n) is 14.1. The summed E-state index contributed by atoms with van der Waals surface area (Å²) in [6, 6.07) is 4.77. The lowest BCUT2D eigenvalue weighted by Crippen LogP contribution is -2.57. The van der Waals surface area contributed by atoms with Crippen LogP contribution >= 0.6 is 15.9 Å². The number of halogens is 1. The fourth-order valence-electron chi connectivity index (χ4n) is 4.99. The number of ether oxygens (including phenoxy) is 1. The van der Waals surface area contributed by atoms with Crippen LogP contribution in [0.5, 0.6) is 0 Å². The molecule has 3 atom stereocenters. The van der Waals surface area contributed by atoms with Crippen LogP contribution in [0.3, 0.4) is 0 Å². The van der Waals surface area contributed by atoms with Crippen molar-refractivity contribution >= 4 is 50.6 Å². The molecule has 1 aliphatic rings. The number of rotatable bonds is 13. The van der Waals surface area contributed by atoms with E-state index in [9.17, 15) is 19.2 Å². The van der Waals surface area contributed by atoms with Gasteiger partial charge in [-0.2, -0.15) is 0 Å². The van der Waals surface area contributed by atoms with Crippen molar-refractivity contribution in [3.63, 3.8) is 0 Å². The minimum absolute atomic E-state index is 0.127. The lowest BCUT2D eigenvalue weighted by molar-refractivity contribution is -0.145. The van der Waals surface area contributed by atoms with Gasteiger partial charge in [0.15, 0.2) is 0 Å². The Hall–Kier alpha value is -3.08. The van der Waals surface area contributed by atoms with Gasteiger partial charge in [0.1, 0.15) is 18.1 Å². The molecule has 1 aromatic carbocycles. The molecule has 10 nitrogen and oxygen atoms in total. The van der Waals surface area contributed by atoms with E-state index in [1.54, 1.807) is 4.90 Å². The Labute approximate surface area is 244 Å². The van der Waals surface area contributed by atoms with Gasteiger partial charge in [-0.3, -0.25) is 9.59 Å². The van der Waals surface area contributed by atoms with Gasteiger partial charge in [0.2, 0.25) is 11.8 Å². The molecule has 0 radical (unpaired) electrons. The zero-order valence-corrected chi connectivity index (χ0v) is 25.4. The van der Waals surface area contributed by atoms with Crippen LogP contribution in [0.25, 0.3) is 10.9 Å². The molecule has 0 unspecified atom stereocenters. The van der Waals surface area contributed by atoms with Gasteiger partial charge in [-0.25, -0.2) is 9.59 Å². The molecular formula is C29H42BrN5O5.